The van der Waals surface area contributed by atoms with Crippen molar-refractivity contribution in [2.75, 3.05) is 72.9 Å². The van der Waals surface area contributed by atoms with Gasteiger partial charge in [-0.15, -0.1) is 0 Å². The molecule has 0 saturated carbocycles. The van der Waals surface area contributed by atoms with E-state index in [4.69, 9.17) is 26.5 Å². The van der Waals surface area contributed by atoms with Crippen LogP contribution in [0.25, 0.3) is 16.1 Å². The Morgan fingerprint density at radius 1 is 1.05 bits per heavy atom. The van der Waals surface area contributed by atoms with E-state index in [-0.39, 0.29) is 112 Å². The van der Waals surface area contributed by atoms with Gasteiger partial charge in [0.2, 0.25) is 23.6 Å². The summed E-state index contributed by atoms with van der Waals surface area (Å²) in [4.78, 5) is 86.2. The van der Waals surface area contributed by atoms with E-state index in [2.05, 4.69) is 41.2 Å². The second kappa shape index (κ2) is 26.0. The lowest BCUT2D eigenvalue weighted by Crippen LogP contribution is -2.59. The van der Waals surface area contributed by atoms with Gasteiger partial charge in [0, 0.05) is 50.9 Å². The quantitative estimate of drug-likeness (QED) is 0.0576. The van der Waals surface area contributed by atoms with Crippen LogP contribution in [0.1, 0.15) is 106 Å². The Bertz CT molecular complexity index is 2690. The average Bonchev–Trinajstić information content (AvgIpc) is 3.98. The molecular formula is C54H75N13O8. The third-order valence-corrected chi connectivity index (χ3v) is 13.7. The van der Waals surface area contributed by atoms with Crippen LogP contribution in [0.5, 0.6) is 5.88 Å². The van der Waals surface area contributed by atoms with E-state index in [1.165, 1.54) is 6.20 Å². The van der Waals surface area contributed by atoms with Crippen LogP contribution in [0.2, 0.25) is 0 Å². The third kappa shape index (κ3) is 14.4. The van der Waals surface area contributed by atoms with Gasteiger partial charge in [-0.1, -0.05) is 82.3 Å². The number of nitrogens with zero attached hydrogens (tertiary/aromatic N) is 8. The average molecular weight is 1030 g/mol. The number of likely N-dealkylation sites (N-methyl/N-ethyl adjacent to an activating group) is 2. The zero-order valence-corrected chi connectivity index (χ0v) is 45.1. The lowest BCUT2D eigenvalue weighted by Gasteiger charge is -2.36. The molecular weight excluding hydrogens is 959 g/mol. The van der Waals surface area contributed by atoms with Crippen molar-refractivity contribution in [1.29, 1.82) is 0 Å². The molecule has 1 saturated heterocycles. The molecule has 21 nitrogen and oxygen atoms in total. The summed E-state index contributed by atoms with van der Waals surface area (Å²) in [5.74, 6) is -1.10. The topological polar surface area (TPSA) is 245 Å². The maximum absolute atomic E-state index is 14.4. The highest BCUT2D eigenvalue weighted by atomic mass is 16.5. The van der Waals surface area contributed by atoms with Crippen molar-refractivity contribution in [2.45, 2.75) is 117 Å². The molecule has 4 aromatic rings. The fourth-order valence-corrected chi connectivity index (χ4v) is 9.14. The molecule has 6 atom stereocenters. The summed E-state index contributed by atoms with van der Waals surface area (Å²) >= 11 is 0. The summed E-state index contributed by atoms with van der Waals surface area (Å²) in [5.41, 5.74) is 9.86. The van der Waals surface area contributed by atoms with Crippen LogP contribution < -0.4 is 31.7 Å². The summed E-state index contributed by atoms with van der Waals surface area (Å²) in [6.07, 6.45) is 2.02. The number of amides is 5. The summed E-state index contributed by atoms with van der Waals surface area (Å²) in [5, 5.41) is 17.1. The number of hydrogen-bond acceptors (Lipinski definition) is 14. The van der Waals surface area contributed by atoms with Crippen molar-refractivity contribution >= 4 is 41.2 Å². The summed E-state index contributed by atoms with van der Waals surface area (Å²) in [6, 6.07) is 12.7. The van der Waals surface area contributed by atoms with E-state index in [1.807, 2.05) is 84.0 Å². The number of fused-ring (bicyclic) bond motifs is 5. The van der Waals surface area contributed by atoms with E-state index in [1.54, 1.807) is 53.5 Å². The number of nitrogen functional groups attached to an aromatic ring is 1. The van der Waals surface area contributed by atoms with Gasteiger partial charge >= 0.3 is 5.82 Å². The molecule has 2 aromatic heterocycles. The van der Waals surface area contributed by atoms with Gasteiger partial charge in [-0.25, -0.2) is 9.97 Å². The zero-order chi connectivity index (χ0) is 54.6. The monoisotopic (exact) mass is 1030 g/mol. The molecule has 4 heterocycles. The molecule has 1 fully saturated rings. The minimum Gasteiger partial charge on any atom is -0.467 e. The molecule has 2 aliphatic rings. The second-order valence-electron chi connectivity index (χ2n) is 20.3. The zero-order valence-electron chi connectivity index (χ0n) is 45.1. The predicted octanol–water partition coefficient (Wildman–Crippen LogP) is 4.35. The maximum atomic E-state index is 14.4. The number of rotatable bonds is 21. The van der Waals surface area contributed by atoms with Crippen LogP contribution >= 0.6 is 0 Å². The normalized spacial score (nSPS) is 17.8. The van der Waals surface area contributed by atoms with Crippen LogP contribution in [-0.2, 0) is 41.7 Å². The van der Waals surface area contributed by atoms with Crippen molar-refractivity contribution in [2.24, 2.45) is 5.41 Å². The van der Waals surface area contributed by atoms with Gasteiger partial charge in [0.05, 0.1) is 81.2 Å². The first kappa shape index (κ1) is 57.3. The molecule has 2 bridgehead atoms. The van der Waals surface area contributed by atoms with E-state index in [9.17, 15) is 24.0 Å². The Morgan fingerprint density at radius 2 is 1.77 bits per heavy atom. The lowest BCUT2D eigenvalue weighted by molar-refractivity contribution is -0.144. The second-order valence-corrected chi connectivity index (χ2v) is 20.3. The van der Waals surface area contributed by atoms with Gasteiger partial charge in [0.15, 0.2) is 5.82 Å². The number of benzene rings is 2. The lowest BCUT2D eigenvalue weighted by atomic mass is 9.85. The smallest absolute Gasteiger partial charge is 0.305 e. The number of aryl methyl sites for hydroxylation is 1. The summed E-state index contributed by atoms with van der Waals surface area (Å²) in [7, 11) is 5.05. The highest BCUT2D eigenvalue weighted by Crippen LogP contribution is 2.37. The molecule has 21 heteroatoms. The molecule has 75 heavy (non-hydrogen) atoms. The molecule has 0 unspecified atom stereocenters. The highest BCUT2D eigenvalue weighted by Gasteiger charge is 2.45. The van der Waals surface area contributed by atoms with Crippen LogP contribution in [0, 0.1) is 18.9 Å². The molecule has 0 spiro atoms. The Hall–Kier alpha value is -6.99. The maximum Gasteiger partial charge on any atom is 0.305 e. The Kier molecular flexibility index (Phi) is 19.8. The van der Waals surface area contributed by atoms with E-state index in [0.29, 0.717) is 54.1 Å². The van der Waals surface area contributed by atoms with Crippen molar-refractivity contribution in [3.8, 4) is 17.1 Å². The Morgan fingerprint density at radius 3 is 2.45 bits per heavy atom. The minimum atomic E-state index is -0.871. The molecule has 404 valence electrons. The van der Waals surface area contributed by atoms with Crippen LogP contribution in [0.15, 0.2) is 54.7 Å². The fourth-order valence-electron chi connectivity index (χ4n) is 9.14. The SMILES string of the molecule is [C-]#[N+]c1nn(CCN(C)C(=O)CCOCCOCCN[C@H]2C[C@@H](C(=O)N[C@H](CC)c3ccccc3)N(C(=O)[C@@H](NC(=O)[C@H](C)NC)C(C)(C)C)C2)c2c1-c1cnc(N)c(n1)O[C@H](C)c1cc(C)ccc1C(=O)N(C)C2. The van der Waals surface area contributed by atoms with Crippen molar-refractivity contribution < 1.29 is 38.2 Å². The van der Waals surface area contributed by atoms with Crippen molar-refractivity contribution in [3.63, 3.8) is 0 Å². The number of nitrogens with one attached hydrogen (secondary N) is 4. The fraction of sp³-hybridized carbons (Fsp3) is 0.537. The summed E-state index contributed by atoms with van der Waals surface area (Å²) < 4.78 is 19.5. The molecule has 2 aromatic carbocycles. The largest absolute Gasteiger partial charge is 0.467 e. The van der Waals surface area contributed by atoms with Gasteiger partial charge in [-0.05, 0) is 62.8 Å². The standard InChI is InChI=1S/C54H75N13O8/c1-12-40(36-16-14-13-15-17-36)60-50(70)42-29-37(31-66(42)53(72)46(54(5,6)7)62-49(69)34(3)56-8)58-21-25-74-27-26-73-24-20-44(68)64(10)22-23-67-43-32-65(11)52(71)38-19-18-33(2)28-39(38)35(4)75-51-47(55)59-30-41(61-51)45(43)48(57-9)63-67/h13-19,28,30,34-35,37,40,42,46,56,58H,12,20-27,29,31-32H2,1-8,10-11H3,(H2,55,59)(H,60,70)(H,62,69)/t34-,35+,37-,40+,42-,46+/m0/s1. The minimum absolute atomic E-state index is 0.0557. The van der Waals surface area contributed by atoms with Gasteiger partial charge in [0.1, 0.15) is 18.2 Å². The molecule has 0 radical (unpaired) electrons. The number of hydrogen-bond donors (Lipinski definition) is 5. The first-order chi connectivity index (χ1) is 35.7. The first-order valence-electron chi connectivity index (χ1n) is 25.6. The highest BCUT2D eigenvalue weighted by molar-refractivity contribution is 5.96. The van der Waals surface area contributed by atoms with E-state index >= 15 is 0 Å². The number of aromatic nitrogens is 4. The number of ether oxygens (including phenoxy) is 3. The number of carbonyl (C=O) groups excluding carboxylic acids is 5. The van der Waals surface area contributed by atoms with E-state index in [0.717, 1.165) is 11.1 Å². The predicted molar refractivity (Wildman–Crippen MR) is 283 cm³/mol. The number of carbonyl (C=O) groups is 5. The molecule has 6 rings (SSSR count). The van der Waals surface area contributed by atoms with Crippen LogP contribution in [0.4, 0.5) is 11.6 Å². The van der Waals surface area contributed by atoms with Gasteiger partial charge < -0.3 is 60.8 Å². The summed E-state index contributed by atoms with van der Waals surface area (Å²) in [6.45, 7) is 23.5. The molecule has 2 aliphatic heterocycles. The van der Waals surface area contributed by atoms with Gasteiger partial charge in [-0.2, -0.15) is 4.68 Å². The van der Waals surface area contributed by atoms with Crippen LogP contribution in [-0.4, -0.2) is 155 Å². The van der Waals surface area contributed by atoms with Crippen LogP contribution in [0.3, 0.4) is 0 Å². The molecule has 6 N–H and O–H groups in total. The number of anilines is 1. The number of nitrogens with two attached hydrogens (primary N) is 1. The first-order valence-corrected chi connectivity index (χ1v) is 25.6. The van der Waals surface area contributed by atoms with Crippen molar-refractivity contribution in [1.82, 2.24) is 55.7 Å². The third-order valence-electron chi connectivity index (χ3n) is 13.7. The van der Waals surface area contributed by atoms with E-state index < -0.39 is 29.6 Å². The Balaban J connectivity index is 0.993. The van der Waals surface area contributed by atoms with Gasteiger partial charge in [0.25, 0.3) is 11.8 Å². The molecule has 5 amide bonds. The molecule has 0 aliphatic carbocycles. The Labute approximate surface area is 440 Å². The van der Waals surface area contributed by atoms with Crippen molar-refractivity contribution in [3.05, 3.63) is 94.1 Å². The number of likely N-dealkylation sites (tertiary alicyclic amines) is 1. The van der Waals surface area contributed by atoms with Gasteiger partial charge in [-0.3, -0.25) is 24.0 Å².